The van der Waals surface area contributed by atoms with Crippen LogP contribution in [0.15, 0.2) is 24.3 Å². The number of aromatic nitrogens is 2. The van der Waals surface area contributed by atoms with Gasteiger partial charge in [0, 0.05) is 11.3 Å². The van der Waals surface area contributed by atoms with Crippen molar-refractivity contribution in [1.29, 1.82) is 0 Å². The molecule has 0 saturated heterocycles. The van der Waals surface area contributed by atoms with Gasteiger partial charge in [0.25, 0.3) is 0 Å². The molecule has 2 rings (SSSR count). The van der Waals surface area contributed by atoms with Crippen molar-refractivity contribution in [2.24, 2.45) is 0 Å². The van der Waals surface area contributed by atoms with E-state index in [0.717, 1.165) is 29.9 Å². The van der Waals surface area contributed by atoms with Crippen molar-refractivity contribution in [3.63, 3.8) is 0 Å². The maximum Gasteiger partial charge on any atom is 0.159 e. The van der Waals surface area contributed by atoms with Crippen LogP contribution in [0.25, 0.3) is 5.69 Å². The normalized spacial score (nSPS) is 10.7. The first-order valence-electron chi connectivity index (χ1n) is 6.45. The van der Waals surface area contributed by atoms with Gasteiger partial charge in [-0.15, -0.1) is 0 Å². The minimum absolute atomic E-state index is 0.0128. The summed E-state index contributed by atoms with van der Waals surface area (Å²) in [5, 5.41) is 5.10. The zero-order valence-electron chi connectivity index (χ0n) is 11.4. The molecule has 0 bridgehead atoms. The SMILES string of the molecule is CCc1cc(CC)n(-c2ccc(C(C)=O)cc2Cl)n1. The molecule has 0 aliphatic carbocycles. The Kier molecular flexibility index (Phi) is 4.05. The number of benzene rings is 1. The molecule has 100 valence electrons. The van der Waals surface area contributed by atoms with Gasteiger partial charge in [-0.05, 0) is 44.0 Å². The predicted molar refractivity (Wildman–Crippen MR) is 77.3 cm³/mol. The number of aryl methyl sites for hydroxylation is 2. The van der Waals surface area contributed by atoms with Gasteiger partial charge in [0.05, 0.1) is 16.4 Å². The fourth-order valence-electron chi connectivity index (χ4n) is 2.01. The lowest BCUT2D eigenvalue weighted by atomic mass is 10.1. The molecular weight excluding hydrogens is 260 g/mol. The molecule has 4 heteroatoms. The molecule has 0 amide bonds. The van der Waals surface area contributed by atoms with E-state index in [1.54, 1.807) is 12.1 Å². The average molecular weight is 277 g/mol. The van der Waals surface area contributed by atoms with Crippen LogP contribution >= 0.6 is 11.6 Å². The summed E-state index contributed by atoms with van der Waals surface area (Å²) in [6.45, 7) is 5.70. The molecule has 1 aromatic heterocycles. The zero-order chi connectivity index (χ0) is 14.0. The van der Waals surface area contributed by atoms with Crippen LogP contribution in [-0.4, -0.2) is 15.6 Å². The van der Waals surface area contributed by atoms with Crippen molar-refractivity contribution < 1.29 is 4.79 Å². The number of rotatable bonds is 4. The number of carbonyl (C=O) groups is 1. The maximum atomic E-state index is 11.3. The topological polar surface area (TPSA) is 34.9 Å². The van der Waals surface area contributed by atoms with Crippen LogP contribution in [0.3, 0.4) is 0 Å². The lowest BCUT2D eigenvalue weighted by Gasteiger charge is -2.09. The smallest absolute Gasteiger partial charge is 0.159 e. The highest BCUT2D eigenvalue weighted by atomic mass is 35.5. The number of ketones is 1. The number of nitrogens with zero attached hydrogens (tertiary/aromatic N) is 2. The average Bonchev–Trinajstić information content (AvgIpc) is 2.81. The Hall–Kier alpha value is -1.61. The number of carbonyl (C=O) groups excluding carboxylic acids is 1. The fraction of sp³-hybridized carbons (Fsp3) is 0.333. The molecule has 0 unspecified atom stereocenters. The molecule has 19 heavy (non-hydrogen) atoms. The lowest BCUT2D eigenvalue weighted by Crippen LogP contribution is -2.03. The first-order chi connectivity index (χ1) is 9.06. The molecule has 0 radical (unpaired) electrons. The van der Waals surface area contributed by atoms with Crippen LogP contribution < -0.4 is 0 Å². The van der Waals surface area contributed by atoms with Crippen LogP contribution in [-0.2, 0) is 12.8 Å². The Bertz CT molecular complexity index is 617. The Balaban J connectivity index is 2.52. The van der Waals surface area contributed by atoms with Crippen molar-refractivity contribution in [2.45, 2.75) is 33.6 Å². The molecule has 0 spiro atoms. The maximum absolute atomic E-state index is 11.3. The monoisotopic (exact) mass is 276 g/mol. The van der Waals surface area contributed by atoms with E-state index in [1.165, 1.54) is 6.92 Å². The summed E-state index contributed by atoms with van der Waals surface area (Å²) >= 11 is 6.28. The second-order valence-electron chi connectivity index (χ2n) is 4.47. The fourth-order valence-corrected chi connectivity index (χ4v) is 2.27. The van der Waals surface area contributed by atoms with Gasteiger partial charge in [-0.25, -0.2) is 4.68 Å². The third-order valence-electron chi connectivity index (χ3n) is 3.14. The van der Waals surface area contributed by atoms with Gasteiger partial charge in [0.1, 0.15) is 0 Å². The lowest BCUT2D eigenvalue weighted by molar-refractivity contribution is 0.101. The molecule has 0 fully saturated rings. The van der Waals surface area contributed by atoms with E-state index < -0.39 is 0 Å². The quantitative estimate of drug-likeness (QED) is 0.795. The van der Waals surface area contributed by atoms with E-state index in [-0.39, 0.29) is 5.78 Å². The summed E-state index contributed by atoms with van der Waals surface area (Å²) in [5.74, 6) is 0.0128. The Labute approximate surface area is 118 Å². The first-order valence-corrected chi connectivity index (χ1v) is 6.83. The molecule has 0 N–H and O–H groups in total. The molecule has 1 aromatic carbocycles. The second kappa shape index (κ2) is 5.57. The summed E-state index contributed by atoms with van der Waals surface area (Å²) in [5.41, 5.74) is 3.61. The van der Waals surface area contributed by atoms with Crippen molar-refractivity contribution >= 4 is 17.4 Å². The Morgan fingerprint density at radius 2 is 2.00 bits per heavy atom. The van der Waals surface area contributed by atoms with Gasteiger partial charge in [0.2, 0.25) is 0 Å². The summed E-state index contributed by atoms with van der Waals surface area (Å²) in [6, 6.07) is 7.43. The third-order valence-corrected chi connectivity index (χ3v) is 3.44. The highest BCUT2D eigenvalue weighted by Gasteiger charge is 2.12. The summed E-state index contributed by atoms with van der Waals surface area (Å²) in [6.07, 6.45) is 1.78. The number of hydrogen-bond acceptors (Lipinski definition) is 2. The van der Waals surface area contributed by atoms with Crippen LogP contribution in [0, 0.1) is 0 Å². The minimum atomic E-state index is 0.0128. The third kappa shape index (κ3) is 2.71. The van der Waals surface area contributed by atoms with Crippen LogP contribution in [0.4, 0.5) is 0 Å². The number of Topliss-reactive ketones (excluding diaryl/α,β-unsaturated/α-hetero) is 1. The van der Waals surface area contributed by atoms with Gasteiger partial charge in [-0.3, -0.25) is 4.79 Å². The van der Waals surface area contributed by atoms with Gasteiger partial charge < -0.3 is 0 Å². The molecule has 0 saturated carbocycles. The molecule has 0 atom stereocenters. The molecular formula is C15H17ClN2O. The summed E-state index contributed by atoms with van der Waals surface area (Å²) in [7, 11) is 0. The summed E-state index contributed by atoms with van der Waals surface area (Å²) < 4.78 is 1.87. The number of hydrogen-bond donors (Lipinski definition) is 0. The molecule has 0 aliphatic heterocycles. The molecule has 0 aliphatic rings. The van der Waals surface area contributed by atoms with E-state index in [1.807, 2.05) is 10.7 Å². The van der Waals surface area contributed by atoms with Gasteiger partial charge >= 0.3 is 0 Å². The molecule has 3 nitrogen and oxygen atoms in total. The highest BCUT2D eigenvalue weighted by molar-refractivity contribution is 6.32. The van der Waals surface area contributed by atoms with Crippen molar-refractivity contribution in [3.05, 3.63) is 46.2 Å². The van der Waals surface area contributed by atoms with E-state index in [0.29, 0.717) is 10.6 Å². The van der Waals surface area contributed by atoms with Gasteiger partial charge in [0.15, 0.2) is 5.78 Å². The minimum Gasteiger partial charge on any atom is -0.295 e. The largest absolute Gasteiger partial charge is 0.295 e. The molecule has 2 aromatic rings. The Morgan fingerprint density at radius 1 is 1.26 bits per heavy atom. The highest BCUT2D eigenvalue weighted by Crippen LogP contribution is 2.24. The van der Waals surface area contributed by atoms with E-state index in [2.05, 4.69) is 25.0 Å². The van der Waals surface area contributed by atoms with Gasteiger partial charge in [-0.2, -0.15) is 5.10 Å². The van der Waals surface area contributed by atoms with E-state index in [9.17, 15) is 4.79 Å². The molecule has 1 heterocycles. The number of halogens is 1. The van der Waals surface area contributed by atoms with Crippen LogP contribution in [0.2, 0.25) is 5.02 Å². The first kappa shape index (κ1) is 13.8. The second-order valence-corrected chi connectivity index (χ2v) is 4.88. The van der Waals surface area contributed by atoms with Gasteiger partial charge in [-0.1, -0.05) is 25.4 Å². The van der Waals surface area contributed by atoms with Crippen LogP contribution in [0.1, 0.15) is 42.5 Å². The standard InChI is InChI=1S/C15H17ClN2O/c1-4-12-9-13(5-2)18(17-12)15-7-6-11(10(3)19)8-14(15)16/h6-9H,4-5H2,1-3H3. The van der Waals surface area contributed by atoms with Crippen molar-refractivity contribution in [3.8, 4) is 5.69 Å². The van der Waals surface area contributed by atoms with Crippen LogP contribution in [0.5, 0.6) is 0 Å². The Morgan fingerprint density at radius 3 is 2.53 bits per heavy atom. The summed E-state index contributed by atoms with van der Waals surface area (Å²) in [4.78, 5) is 11.3. The zero-order valence-corrected chi connectivity index (χ0v) is 12.2. The van der Waals surface area contributed by atoms with E-state index >= 15 is 0 Å². The van der Waals surface area contributed by atoms with Crippen molar-refractivity contribution in [1.82, 2.24) is 9.78 Å². The predicted octanol–water partition coefficient (Wildman–Crippen LogP) is 3.85. The van der Waals surface area contributed by atoms with Crippen molar-refractivity contribution in [2.75, 3.05) is 0 Å². The van der Waals surface area contributed by atoms with E-state index in [4.69, 9.17) is 11.6 Å².